The van der Waals surface area contributed by atoms with Gasteiger partial charge in [-0.25, -0.2) is 0 Å². The molecule has 1 saturated carbocycles. The summed E-state index contributed by atoms with van der Waals surface area (Å²) in [6.07, 6.45) is 11.7. The van der Waals surface area contributed by atoms with Crippen LogP contribution in [0.5, 0.6) is 0 Å². The van der Waals surface area contributed by atoms with Gasteiger partial charge in [0.2, 0.25) is 0 Å². The maximum absolute atomic E-state index is 3.67. The molecule has 1 nitrogen and oxygen atoms in total. The third-order valence-electron chi connectivity index (χ3n) is 4.46. The summed E-state index contributed by atoms with van der Waals surface area (Å²) >= 11 is 0. The minimum absolute atomic E-state index is 0.643. The first-order chi connectivity index (χ1) is 8.59. The molecule has 0 aromatic heterocycles. The molecule has 0 spiro atoms. The number of nitrogens with one attached hydrogen (secondary N) is 1. The maximum atomic E-state index is 3.67. The van der Waals surface area contributed by atoms with Crippen LogP contribution in [0.1, 0.15) is 79.1 Å². The zero-order valence-electron chi connectivity index (χ0n) is 13.2. The smallest absolute Gasteiger partial charge is 0.00104 e. The molecule has 108 valence electrons. The van der Waals surface area contributed by atoms with Crippen LogP contribution < -0.4 is 5.32 Å². The summed E-state index contributed by atoms with van der Waals surface area (Å²) in [6, 6.07) is 0.643. The van der Waals surface area contributed by atoms with Crippen LogP contribution in [0.4, 0.5) is 0 Å². The van der Waals surface area contributed by atoms with Crippen LogP contribution in [0.3, 0.4) is 0 Å². The molecule has 18 heavy (non-hydrogen) atoms. The zero-order chi connectivity index (χ0) is 13.4. The van der Waals surface area contributed by atoms with E-state index in [9.17, 15) is 0 Å². The SMILES string of the molecule is CC(C)CCCC1CCCCCC1CNC(C)C. The van der Waals surface area contributed by atoms with Gasteiger partial charge in [0.05, 0.1) is 0 Å². The van der Waals surface area contributed by atoms with Gasteiger partial charge in [-0.1, -0.05) is 72.6 Å². The monoisotopic (exact) mass is 253 g/mol. The fourth-order valence-electron chi connectivity index (χ4n) is 3.29. The van der Waals surface area contributed by atoms with Gasteiger partial charge in [0.25, 0.3) is 0 Å². The highest BCUT2D eigenvalue weighted by Crippen LogP contribution is 2.32. The molecule has 1 aliphatic carbocycles. The van der Waals surface area contributed by atoms with E-state index in [-0.39, 0.29) is 0 Å². The summed E-state index contributed by atoms with van der Waals surface area (Å²) in [5.74, 6) is 2.82. The van der Waals surface area contributed by atoms with Crippen molar-refractivity contribution in [2.45, 2.75) is 85.1 Å². The van der Waals surface area contributed by atoms with Crippen LogP contribution in [0.15, 0.2) is 0 Å². The van der Waals surface area contributed by atoms with Crippen LogP contribution in [0, 0.1) is 17.8 Å². The normalized spacial score (nSPS) is 25.7. The Bertz CT molecular complexity index is 198. The minimum Gasteiger partial charge on any atom is -0.314 e. The molecule has 2 atom stereocenters. The van der Waals surface area contributed by atoms with Gasteiger partial charge in [-0.2, -0.15) is 0 Å². The van der Waals surface area contributed by atoms with Crippen LogP contribution in [-0.4, -0.2) is 12.6 Å². The largest absolute Gasteiger partial charge is 0.314 e. The summed E-state index contributed by atoms with van der Waals surface area (Å²) in [7, 11) is 0. The van der Waals surface area contributed by atoms with Gasteiger partial charge in [-0.3, -0.25) is 0 Å². The van der Waals surface area contributed by atoms with Crippen molar-refractivity contribution in [1.82, 2.24) is 5.32 Å². The highest BCUT2D eigenvalue weighted by atomic mass is 14.9. The van der Waals surface area contributed by atoms with Crippen molar-refractivity contribution in [3.05, 3.63) is 0 Å². The molecule has 0 heterocycles. The van der Waals surface area contributed by atoms with E-state index >= 15 is 0 Å². The fraction of sp³-hybridized carbons (Fsp3) is 1.00. The van der Waals surface area contributed by atoms with Crippen molar-refractivity contribution < 1.29 is 0 Å². The number of hydrogen-bond donors (Lipinski definition) is 1. The van der Waals surface area contributed by atoms with Crippen LogP contribution in [0.25, 0.3) is 0 Å². The molecule has 0 aromatic carbocycles. The Morgan fingerprint density at radius 3 is 2.22 bits per heavy atom. The highest BCUT2D eigenvalue weighted by Gasteiger charge is 2.23. The Labute approximate surface area is 115 Å². The first kappa shape index (κ1) is 16.0. The molecule has 0 bridgehead atoms. The van der Waals surface area contributed by atoms with Crippen LogP contribution in [-0.2, 0) is 0 Å². The van der Waals surface area contributed by atoms with E-state index in [2.05, 4.69) is 33.0 Å². The van der Waals surface area contributed by atoms with E-state index < -0.39 is 0 Å². The Balaban J connectivity index is 2.36. The molecular formula is C17H35N. The van der Waals surface area contributed by atoms with Crippen molar-refractivity contribution in [1.29, 1.82) is 0 Å². The van der Waals surface area contributed by atoms with Crippen molar-refractivity contribution in [3.63, 3.8) is 0 Å². The van der Waals surface area contributed by atoms with E-state index in [0.717, 1.165) is 17.8 Å². The van der Waals surface area contributed by atoms with Crippen molar-refractivity contribution >= 4 is 0 Å². The lowest BCUT2D eigenvalue weighted by Crippen LogP contribution is -2.32. The third kappa shape index (κ3) is 6.78. The number of hydrogen-bond acceptors (Lipinski definition) is 1. The second-order valence-electron chi connectivity index (χ2n) is 7.05. The van der Waals surface area contributed by atoms with E-state index in [1.165, 1.54) is 57.9 Å². The summed E-state index contributed by atoms with van der Waals surface area (Å²) in [5, 5.41) is 3.67. The first-order valence-corrected chi connectivity index (χ1v) is 8.33. The maximum Gasteiger partial charge on any atom is 0.00104 e. The van der Waals surface area contributed by atoms with Crippen LogP contribution >= 0.6 is 0 Å². The second-order valence-corrected chi connectivity index (χ2v) is 7.05. The van der Waals surface area contributed by atoms with Crippen LogP contribution in [0.2, 0.25) is 0 Å². The molecule has 0 radical (unpaired) electrons. The summed E-state index contributed by atoms with van der Waals surface area (Å²) in [5.41, 5.74) is 0. The Morgan fingerprint density at radius 2 is 1.61 bits per heavy atom. The molecule has 1 rings (SSSR count). The van der Waals surface area contributed by atoms with E-state index in [0.29, 0.717) is 6.04 Å². The van der Waals surface area contributed by atoms with Gasteiger partial charge in [0.15, 0.2) is 0 Å². The molecule has 1 fully saturated rings. The molecule has 2 unspecified atom stereocenters. The topological polar surface area (TPSA) is 12.0 Å². The van der Waals surface area contributed by atoms with E-state index in [4.69, 9.17) is 0 Å². The average molecular weight is 253 g/mol. The Kier molecular flexibility index (Phi) is 7.97. The predicted molar refractivity (Wildman–Crippen MR) is 81.9 cm³/mol. The first-order valence-electron chi connectivity index (χ1n) is 8.33. The van der Waals surface area contributed by atoms with Crippen molar-refractivity contribution in [3.8, 4) is 0 Å². The summed E-state index contributed by atoms with van der Waals surface area (Å²) < 4.78 is 0. The quantitative estimate of drug-likeness (QED) is 0.629. The zero-order valence-corrected chi connectivity index (χ0v) is 13.2. The molecule has 1 N–H and O–H groups in total. The molecule has 0 saturated heterocycles. The minimum atomic E-state index is 0.643. The van der Waals surface area contributed by atoms with Gasteiger partial charge in [-0.05, 0) is 30.7 Å². The van der Waals surface area contributed by atoms with Gasteiger partial charge < -0.3 is 5.32 Å². The Hall–Kier alpha value is -0.0400. The van der Waals surface area contributed by atoms with Gasteiger partial charge >= 0.3 is 0 Å². The average Bonchev–Trinajstić information content (AvgIpc) is 2.51. The lowest BCUT2D eigenvalue weighted by atomic mass is 9.83. The molecule has 1 heteroatoms. The molecule has 1 aliphatic rings. The standard InChI is InChI=1S/C17H35N/c1-14(2)9-8-12-16-10-6-5-7-11-17(16)13-18-15(3)4/h14-18H,5-13H2,1-4H3. The van der Waals surface area contributed by atoms with E-state index in [1.807, 2.05) is 0 Å². The fourth-order valence-corrected chi connectivity index (χ4v) is 3.29. The lowest BCUT2D eigenvalue weighted by molar-refractivity contribution is 0.267. The summed E-state index contributed by atoms with van der Waals surface area (Å²) in [6.45, 7) is 10.5. The molecule has 0 aromatic rings. The highest BCUT2D eigenvalue weighted by molar-refractivity contribution is 4.76. The second kappa shape index (κ2) is 8.96. The third-order valence-corrected chi connectivity index (χ3v) is 4.46. The van der Waals surface area contributed by atoms with Gasteiger partial charge in [-0.15, -0.1) is 0 Å². The summed E-state index contributed by atoms with van der Waals surface area (Å²) in [4.78, 5) is 0. The van der Waals surface area contributed by atoms with Gasteiger partial charge in [0, 0.05) is 6.04 Å². The Morgan fingerprint density at radius 1 is 0.944 bits per heavy atom. The van der Waals surface area contributed by atoms with Crippen molar-refractivity contribution in [2.75, 3.05) is 6.54 Å². The van der Waals surface area contributed by atoms with E-state index in [1.54, 1.807) is 0 Å². The molecular weight excluding hydrogens is 218 g/mol. The van der Waals surface area contributed by atoms with Gasteiger partial charge in [0.1, 0.15) is 0 Å². The molecule has 0 amide bonds. The number of rotatable bonds is 7. The van der Waals surface area contributed by atoms with Crippen molar-refractivity contribution in [2.24, 2.45) is 17.8 Å². The molecule has 0 aliphatic heterocycles. The lowest BCUT2D eigenvalue weighted by Gasteiger charge is -2.26. The predicted octanol–water partition coefficient (Wildman–Crippen LogP) is 5.01.